The minimum absolute atomic E-state index is 0.106. The highest BCUT2D eigenvalue weighted by Gasteiger charge is 2.15. The van der Waals surface area contributed by atoms with Crippen molar-refractivity contribution in [2.75, 3.05) is 0 Å². The quantitative estimate of drug-likeness (QED) is 0.690. The molecule has 0 unspecified atom stereocenters. The standard InChI is InChI=1S/C17H16N2OS/c1-10(2)14-15(18-17(21)19-16(14)20)13-9-5-7-11-6-3-4-8-12(11)13/h3-10H,1-2H3,(H2,18,19,20,21). The van der Waals surface area contributed by atoms with Gasteiger partial charge in [-0.05, 0) is 28.9 Å². The van der Waals surface area contributed by atoms with Crippen LogP contribution < -0.4 is 5.56 Å². The number of nitrogens with one attached hydrogen (secondary N) is 2. The molecule has 0 saturated heterocycles. The first-order chi connectivity index (χ1) is 10.1. The maximum Gasteiger partial charge on any atom is 0.255 e. The van der Waals surface area contributed by atoms with E-state index in [1.807, 2.05) is 38.1 Å². The molecule has 3 rings (SSSR count). The van der Waals surface area contributed by atoms with Crippen LogP contribution in [0.1, 0.15) is 25.3 Å². The number of benzene rings is 2. The van der Waals surface area contributed by atoms with E-state index in [9.17, 15) is 4.79 Å². The van der Waals surface area contributed by atoms with Crippen LogP contribution in [0.25, 0.3) is 22.0 Å². The fraction of sp³-hybridized carbons (Fsp3) is 0.176. The molecule has 0 atom stereocenters. The summed E-state index contributed by atoms with van der Waals surface area (Å²) < 4.78 is 0.354. The van der Waals surface area contributed by atoms with Crippen LogP contribution in [0.5, 0.6) is 0 Å². The number of hydrogen-bond acceptors (Lipinski definition) is 2. The highest BCUT2D eigenvalue weighted by molar-refractivity contribution is 7.71. The minimum Gasteiger partial charge on any atom is -0.331 e. The second kappa shape index (κ2) is 5.30. The Morgan fingerprint density at radius 3 is 2.48 bits per heavy atom. The number of fused-ring (bicyclic) bond motifs is 1. The molecule has 0 aliphatic rings. The Labute approximate surface area is 127 Å². The molecular formula is C17H16N2OS. The van der Waals surface area contributed by atoms with Crippen molar-refractivity contribution in [2.24, 2.45) is 0 Å². The third kappa shape index (κ3) is 2.43. The van der Waals surface area contributed by atoms with E-state index in [0.29, 0.717) is 4.77 Å². The molecule has 2 aromatic carbocycles. The lowest BCUT2D eigenvalue weighted by Crippen LogP contribution is -2.17. The van der Waals surface area contributed by atoms with Gasteiger partial charge >= 0.3 is 0 Å². The van der Waals surface area contributed by atoms with Crippen molar-refractivity contribution in [1.82, 2.24) is 9.97 Å². The van der Waals surface area contributed by atoms with Crippen LogP contribution in [-0.4, -0.2) is 9.97 Å². The molecule has 0 fully saturated rings. The summed E-state index contributed by atoms with van der Waals surface area (Å²) in [5, 5.41) is 2.25. The van der Waals surface area contributed by atoms with Gasteiger partial charge in [-0.25, -0.2) is 0 Å². The van der Waals surface area contributed by atoms with Crippen molar-refractivity contribution in [1.29, 1.82) is 0 Å². The zero-order valence-electron chi connectivity index (χ0n) is 11.9. The molecular weight excluding hydrogens is 280 g/mol. The monoisotopic (exact) mass is 296 g/mol. The third-order valence-corrected chi connectivity index (χ3v) is 3.82. The first kappa shape index (κ1) is 13.8. The minimum atomic E-state index is -0.114. The maximum atomic E-state index is 12.3. The van der Waals surface area contributed by atoms with Crippen LogP contribution in [0.2, 0.25) is 0 Å². The van der Waals surface area contributed by atoms with Crippen molar-refractivity contribution in [3.63, 3.8) is 0 Å². The molecule has 3 aromatic rings. The summed E-state index contributed by atoms with van der Waals surface area (Å²) in [4.78, 5) is 18.1. The smallest absolute Gasteiger partial charge is 0.255 e. The Morgan fingerprint density at radius 1 is 1.00 bits per heavy atom. The predicted molar refractivity (Wildman–Crippen MR) is 89.3 cm³/mol. The van der Waals surface area contributed by atoms with Gasteiger partial charge in [0.25, 0.3) is 5.56 Å². The van der Waals surface area contributed by atoms with Gasteiger partial charge in [-0.2, -0.15) is 0 Å². The molecule has 21 heavy (non-hydrogen) atoms. The highest BCUT2D eigenvalue weighted by atomic mass is 32.1. The van der Waals surface area contributed by atoms with Crippen molar-refractivity contribution in [3.8, 4) is 11.3 Å². The Morgan fingerprint density at radius 2 is 1.71 bits per heavy atom. The summed E-state index contributed by atoms with van der Waals surface area (Å²) in [5.74, 6) is 0.106. The fourth-order valence-electron chi connectivity index (χ4n) is 2.70. The van der Waals surface area contributed by atoms with Gasteiger partial charge in [0.1, 0.15) is 0 Å². The van der Waals surface area contributed by atoms with E-state index < -0.39 is 0 Å². The number of H-pyrrole nitrogens is 2. The van der Waals surface area contributed by atoms with E-state index in [1.54, 1.807) is 0 Å². The van der Waals surface area contributed by atoms with Gasteiger partial charge in [-0.3, -0.25) is 9.78 Å². The van der Waals surface area contributed by atoms with Crippen molar-refractivity contribution in [2.45, 2.75) is 19.8 Å². The van der Waals surface area contributed by atoms with Gasteiger partial charge in [0.2, 0.25) is 0 Å². The van der Waals surface area contributed by atoms with Crippen LogP contribution in [0.3, 0.4) is 0 Å². The molecule has 1 aromatic heterocycles. The van der Waals surface area contributed by atoms with Crippen LogP contribution in [0.15, 0.2) is 47.3 Å². The topological polar surface area (TPSA) is 48.6 Å². The van der Waals surface area contributed by atoms with Crippen LogP contribution in [0, 0.1) is 4.77 Å². The number of aromatic amines is 2. The molecule has 106 valence electrons. The number of rotatable bonds is 2. The number of hydrogen-bond donors (Lipinski definition) is 2. The predicted octanol–water partition coefficient (Wildman–Crippen LogP) is 4.38. The maximum absolute atomic E-state index is 12.3. The molecule has 3 nitrogen and oxygen atoms in total. The van der Waals surface area contributed by atoms with E-state index in [1.165, 1.54) is 0 Å². The largest absolute Gasteiger partial charge is 0.331 e. The second-order valence-corrected chi connectivity index (χ2v) is 5.79. The summed E-state index contributed by atoms with van der Waals surface area (Å²) in [6.07, 6.45) is 0. The SMILES string of the molecule is CC(C)c1c(-c2cccc3ccccc23)[nH]c(=S)[nH]c1=O. The molecule has 0 saturated carbocycles. The Hall–Kier alpha value is -2.20. The lowest BCUT2D eigenvalue weighted by atomic mass is 9.95. The first-order valence-corrected chi connectivity index (χ1v) is 7.33. The van der Waals surface area contributed by atoms with Gasteiger partial charge in [0, 0.05) is 11.1 Å². The lowest BCUT2D eigenvalue weighted by Gasteiger charge is -2.13. The van der Waals surface area contributed by atoms with E-state index in [2.05, 4.69) is 28.2 Å². The summed E-state index contributed by atoms with van der Waals surface area (Å²) in [5.41, 5.74) is 2.45. The van der Waals surface area contributed by atoms with Gasteiger partial charge in [0.05, 0.1) is 5.69 Å². The Bertz CT molecular complexity index is 916. The molecule has 0 bridgehead atoms. The molecule has 1 heterocycles. The zero-order valence-corrected chi connectivity index (χ0v) is 12.8. The average molecular weight is 296 g/mol. The van der Waals surface area contributed by atoms with Crippen molar-refractivity contribution < 1.29 is 0 Å². The highest BCUT2D eigenvalue weighted by Crippen LogP contribution is 2.30. The molecule has 0 radical (unpaired) electrons. The van der Waals surface area contributed by atoms with Gasteiger partial charge in [-0.1, -0.05) is 56.3 Å². The van der Waals surface area contributed by atoms with Crippen LogP contribution in [0.4, 0.5) is 0 Å². The van der Waals surface area contributed by atoms with E-state index in [-0.39, 0.29) is 11.5 Å². The van der Waals surface area contributed by atoms with Gasteiger partial charge in [0.15, 0.2) is 4.77 Å². The second-order valence-electron chi connectivity index (χ2n) is 5.38. The fourth-order valence-corrected chi connectivity index (χ4v) is 2.90. The van der Waals surface area contributed by atoms with E-state index in [4.69, 9.17) is 12.2 Å². The summed E-state index contributed by atoms with van der Waals surface area (Å²) in [6, 6.07) is 14.2. The van der Waals surface area contributed by atoms with Crippen LogP contribution in [-0.2, 0) is 0 Å². The molecule has 0 amide bonds. The average Bonchev–Trinajstić information content (AvgIpc) is 2.45. The number of aromatic nitrogens is 2. The van der Waals surface area contributed by atoms with Crippen molar-refractivity contribution >= 4 is 23.0 Å². The zero-order chi connectivity index (χ0) is 15.0. The summed E-state index contributed by atoms with van der Waals surface area (Å²) in [7, 11) is 0. The molecule has 4 heteroatoms. The van der Waals surface area contributed by atoms with Crippen molar-refractivity contribution in [3.05, 3.63) is 63.2 Å². The van der Waals surface area contributed by atoms with E-state index >= 15 is 0 Å². The summed E-state index contributed by atoms with van der Waals surface area (Å²) >= 11 is 5.14. The third-order valence-electron chi connectivity index (χ3n) is 3.62. The Balaban J connectivity index is 2.44. The molecule has 0 spiro atoms. The normalized spacial score (nSPS) is 11.2. The summed E-state index contributed by atoms with van der Waals surface area (Å²) in [6.45, 7) is 4.02. The van der Waals surface area contributed by atoms with Gasteiger partial charge in [-0.15, -0.1) is 0 Å². The lowest BCUT2D eigenvalue weighted by molar-refractivity contribution is 0.831. The Kier molecular flexibility index (Phi) is 3.47. The first-order valence-electron chi connectivity index (χ1n) is 6.92. The molecule has 0 aliphatic carbocycles. The van der Waals surface area contributed by atoms with E-state index in [0.717, 1.165) is 27.6 Å². The van der Waals surface area contributed by atoms with Gasteiger partial charge < -0.3 is 4.98 Å². The molecule has 2 N–H and O–H groups in total. The molecule has 0 aliphatic heterocycles. The van der Waals surface area contributed by atoms with Crippen LogP contribution >= 0.6 is 12.2 Å².